The molecule has 1 N–H and O–H groups in total. The quantitative estimate of drug-likeness (QED) is 0.890. The lowest BCUT2D eigenvalue weighted by Crippen LogP contribution is -2.31. The minimum atomic E-state index is -0.271. The molecule has 23 heavy (non-hydrogen) atoms. The summed E-state index contributed by atoms with van der Waals surface area (Å²) in [4.78, 5) is 22.7. The highest BCUT2D eigenvalue weighted by molar-refractivity contribution is 5.92. The molecule has 1 aromatic heterocycles. The number of nitrogens with one attached hydrogen (secondary N) is 1. The zero-order valence-corrected chi connectivity index (χ0v) is 13.6. The van der Waals surface area contributed by atoms with Gasteiger partial charge in [0.2, 0.25) is 5.95 Å². The Balaban J connectivity index is 2.13. The van der Waals surface area contributed by atoms with Gasteiger partial charge in [0, 0.05) is 25.3 Å². The molecule has 6 heteroatoms. The van der Waals surface area contributed by atoms with Gasteiger partial charge < -0.3 is 10.2 Å². The number of carbonyl (C=O) groups is 1. The molecule has 2 rings (SSSR count). The number of benzene rings is 1. The van der Waals surface area contributed by atoms with Gasteiger partial charge in [-0.15, -0.1) is 0 Å². The first-order valence-corrected chi connectivity index (χ1v) is 7.66. The second-order valence-corrected chi connectivity index (χ2v) is 5.18. The highest BCUT2D eigenvalue weighted by Crippen LogP contribution is 2.10. The number of anilines is 1. The van der Waals surface area contributed by atoms with E-state index in [0.29, 0.717) is 31.3 Å². The molecule has 0 aliphatic rings. The van der Waals surface area contributed by atoms with Crippen LogP contribution in [0, 0.1) is 12.7 Å². The summed E-state index contributed by atoms with van der Waals surface area (Å²) in [6.07, 6.45) is 0. The minimum absolute atomic E-state index is 0.106. The van der Waals surface area contributed by atoms with Crippen LogP contribution in [0.4, 0.5) is 10.3 Å². The van der Waals surface area contributed by atoms with Gasteiger partial charge >= 0.3 is 0 Å². The first-order chi connectivity index (χ1) is 11.0. The summed E-state index contributed by atoms with van der Waals surface area (Å²) in [6, 6.07) is 7.89. The Morgan fingerprint density at radius 3 is 2.43 bits per heavy atom. The number of amides is 1. The molecule has 0 radical (unpaired) electrons. The summed E-state index contributed by atoms with van der Waals surface area (Å²) < 4.78 is 12.9. The van der Waals surface area contributed by atoms with Gasteiger partial charge in [0.05, 0.1) is 0 Å². The molecule has 5 nitrogen and oxygen atoms in total. The standard InChI is InChI=1S/C17H21FN4O/c1-4-22(5-2)16(23)15-10-12(3)20-17(21-15)19-11-13-6-8-14(18)9-7-13/h6-10H,4-5,11H2,1-3H3,(H,19,20,21). The number of nitrogens with zero attached hydrogens (tertiary/aromatic N) is 3. The van der Waals surface area contributed by atoms with Gasteiger partial charge in [-0.3, -0.25) is 4.79 Å². The first kappa shape index (κ1) is 16.9. The average Bonchev–Trinajstić information content (AvgIpc) is 2.55. The zero-order valence-electron chi connectivity index (χ0n) is 13.6. The third-order valence-corrected chi connectivity index (χ3v) is 3.49. The Morgan fingerprint density at radius 1 is 1.17 bits per heavy atom. The van der Waals surface area contributed by atoms with E-state index in [1.54, 1.807) is 23.1 Å². The molecule has 0 saturated carbocycles. The fourth-order valence-electron chi connectivity index (χ4n) is 2.21. The lowest BCUT2D eigenvalue weighted by Gasteiger charge is -2.18. The highest BCUT2D eigenvalue weighted by Gasteiger charge is 2.15. The monoisotopic (exact) mass is 316 g/mol. The number of hydrogen-bond donors (Lipinski definition) is 1. The largest absolute Gasteiger partial charge is 0.350 e. The summed E-state index contributed by atoms with van der Waals surface area (Å²) in [7, 11) is 0. The van der Waals surface area contributed by atoms with E-state index in [0.717, 1.165) is 11.3 Å². The van der Waals surface area contributed by atoms with Crippen LogP contribution in [-0.4, -0.2) is 33.9 Å². The number of hydrogen-bond acceptors (Lipinski definition) is 4. The van der Waals surface area contributed by atoms with Crippen molar-refractivity contribution >= 4 is 11.9 Å². The molecule has 0 spiro atoms. The fraction of sp³-hybridized carbons (Fsp3) is 0.353. The number of aryl methyl sites for hydroxylation is 1. The Morgan fingerprint density at radius 2 is 1.83 bits per heavy atom. The fourth-order valence-corrected chi connectivity index (χ4v) is 2.21. The van der Waals surface area contributed by atoms with E-state index in [4.69, 9.17) is 0 Å². The summed E-state index contributed by atoms with van der Waals surface area (Å²) in [5.41, 5.74) is 2.01. The maximum absolute atomic E-state index is 12.9. The predicted octanol–water partition coefficient (Wildman–Crippen LogP) is 3.02. The third kappa shape index (κ3) is 4.48. The normalized spacial score (nSPS) is 10.4. The molecule has 1 heterocycles. The minimum Gasteiger partial charge on any atom is -0.350 e. The van der Waals surface area contributed by atoms with Crippen molar-refractivity contribution in [2.45, 2.75) is 27.3 Å². The lowest BCUT2D eigenvalue weighted by molar-refractivity contribution is 0.0767. The van der Waals surface area contributed by atoms with Gasteiger partial charge in [-0.2, -0.15) is 0 Å². The van der Waals surface area contributed by atoms with E-state index in [1.807, 2.05) is 20.8 Å². The Bertz CT molecular complexity index is 669. The van der Waals surface area contributed by atoms with Crippen molar-refractivity contribution in [2.75, 3.05) is 18.4 Å². The molecule has 0 unspecified atom stereocenters. The van der Waals surface area contributed by atoms with Crippen molar-refractivity contribution < 1.29 is 9.18 Å². The van der Waals surface area contributed by atoms with Crippen molar-refractivity contribution in [2.24, 2.45) is 0 Å². The predicted molar refractivity (Wildman–Crippen MR) is 87.7 cm³/mol. The Hall–Kier alpha value is -2.50. The van der Waals surface area contributed by atoms with Crippen LogP contribution in [0.2, 0.25) is 0 Å². The molecule has 0 atom stereocenters. The third-order valence-electron chi connectivity index (χ3n) is 3.49. The highest BCUT2D eigenvalue weighted by atomic mass is 19.1. The topological polar surface area (TPSA) is 58.1 Å². The van der Waals surface area contributed by atoms with Gasteiger partial charge in [-0.1, -0.05) is 12.1 Å². The molecule has 2 aromatic rings. The van der Waals surface area contributed by atoms with Crippen molar-refractivity contribution in [1.82, 2.24) is 14.9 Å². The lowest BCUT2D eigenvalue weighted by atomic mass is 10.2. The van der Waals surface area contributed by atoms with E-state index < -0.39 is 0 Å². The number of rotatable bonds is 6. The van der Waals surface area contributed by atoms with Crippen molar-refractivity contribution in [3.63, 3.8) is 0 Å². The Labute approximate surface area is 135 Å². The van der Waals surface area contributed by atoms with E-state index in [9.17, 15) is 9.18 Å². The van der Waals surface area contributed by atoms with Crippen LogP contribution in [-0.2, 0) is 6.54 Å². The maximum atomic E-state index is 12.9. The molecule has 0 aliphatic heterocycles. The van der Waals surface area contributed by atoms with E-state index in [-0.39, 0.29) is 11.7 Å². The summed E-state index contributed by atoms with van der Waals surface area (Å²) in [5, 5.41) is 3.08. The van der Waals surface area contributed by atoms with Crippen LogP contribution in [0.15, 0.2) is 30.3 Å². The molecule has 0 fully saturated rings. The van der Waals surface area contributed by atoms with Crippen molar-refractivity contribution in [1.29, 1.82) is 0 Å². The molecule has 0 aliphatic carbocycles. The SMILES string of the molecule is CCN(CC)C(=O)c1cc(C)nc(NCc2ccc(F)cc2)n1. The van der Waals surface area contributed by atoms with Crippen LogP contribution < -0.4 is 5.32 Å². The van der Waals surface area contributed by atoms with Gasteiger partial charge in [0.25, 0.3) is 5.91 Å². The van der Waals surface area contributed by atoms with E-state index in [2.05, 4.69) is 15.3 Å². The van der Waals surface area contributed by atoms with E-state index >= 15 is 0 Å². The zero-order chi connectivity index (χ0) is 16.8. The summed E-state index contributed by atoms with van der Waals surface area (Å²) in [6.45, 7) is 7.42. The molecule has 122 valence electrons. The van der Waals surface area contributed by atoms with Gasteiger partial charge in [0.1, 0.15) is 11.5 Å². The molecular formula is C17H21FN4O. The van der Waals surface area contributed by atoms with Crippen LogP contribution in [0.5, 0.6) is 0 Å². The first-order valence-electron chi connectivity index (χ1n) is 7.66. The summed E-state index contributed by atoms with van der Waals surface area (Å²) in [5.74, 6) is 0.0165. The van der Waals surface area contributed by atoms with Crippen LogP contribution >= 0.6 is 0 Å². The van der Waals surface area contributed by atoms with Gasteiger partial charge in [-0.25, -0.2) is 14.4 Å². The number of aromatic nitrogens is 2. The second-order valence-electron chi connectivity index (χ2n) is 5.18. The second kappa shape index (κ2) is 7.67. The molecular weight excluding hydrogens is 295 g/mol. The van der Waals surface area contributed by atoms with Gasteiger partial charge in [0.15, 0.2) is 0 Å². The van der Waals surface area contributed by atoms with Crippen LogP contribution in [0.3, 0.4) is 0 Å². The molecule has 1 amide bonds. The smallest absolute Gasteiger partial charge is 0.272 e. The molecule has 0 saturated heterocycles. The van der Waals surface area contributed by atoms with Crippen molar-refractivity contribution in [3.05, 3.63) is 53.1 Å². The summed E-state index contributed by atoms with van der Waals surface area (Å²) >= 11 is 0. The van der Waals surface area contributed by atoms with Crippen molar-refractivity contribution in [3.8, 4) is 0 Å². The maximum Gasteiger partial charge on any atom is 0.272 e. The average molecular weight is 316 g/mol. The molecule has 0 bridgehead atoms. The van der Waals surface area contributed by atoms with Gasteiger partial charge in [-0.05, 0) is 44.5 Å². The van der Waals surface area contributed by atoms with Crippen LogP contribution in [0.25, 0.3) is 0 Å². The number of carbonyl (C=O) groups excluding carboxylic acids is 1. The van der Waals surface area contributed by atoms with Crippen LogP contribution in [0.1, 0.15) is 35.6 Å². The van der Waals surface area contributed by atoms with E-state index in [1.165, 1.54) is 12.1 Å². The Kier molecular flexibility index (Phi) is 5.62. The number of halogens is 1. The molecule has 1 aromatic carbocycles.